The molecule has 0 aromatic heterocycles. The molecule has 32 heavy (non-hydrogen) atoms. The zero-order chi connectivity index (χ0) is 22.9. The third-order valence-electron chi connectivity index (χ3n) is 4.83. The summed E-state index contributed by atoms with van der Waals surface area (Å²) in [6, 6.07) is 25.3. The average Bonchev–Trinajstić information content (AvgIpc) is 2.82. The largest absolute Gasteiger partial charge is 0.450 e. The predicted molar refractivity (Wildman–Crippen MR) is 123 cm³/mol. The van der Waals surface area contributed by atoms with Crippen molar-refractivity contribution in [1.82, 2.24) is 5.32 Å². The Morgan fingerprint density at radius 1 is 0.750 bits per heavy atom. The van der Waals surface area contributed by atoms with Crippen LogP contribution in [0.5, 0.6) is 0 Å². The van der Waals surface area contributed by atoms with Crippen LogP contribution in [0.25, 0.3) is 0 Å². The lowest BCUT2D eigenvalue weighted by atomic mass is 10.0. The van der Waals surface area contributed by atoms with Gasteiger partial charge in [0.25, 0.3) is 11.8 Å². The van der Waals surface area contributed by atoms with Crippen LogP contribution in [0.3, 0.4) is 0 Å². The van der Waals surface area contributed by atoms with E-state index in [1.165, 1.54) is 0 Å². The maximum atomic E-state index is 13.2. The van der Waals surface area contributed by atoms with E-state index in [0.717, 1.165) is 0 Å². The van der Waals surface area contributed by atoms with Crippen LogP contribution in [-0.2, 0) is 14.3 Å². The lowest BCUT2D eigenvalue weighted by molar-refractivity contribution is -0.158. The summed E-state index contributed by atoms with van der Waals surface area (Å²) < 4.78 is 5.63. The second-order valence-electron chi connectivity index (χ2n) is 7.64. The molecule has 2 N–H and O–H groups in total. The summed E-state index contributed by atoms with van der Waals surface area (Å²) in [4.78, 5) is 38.7. The molecule has 0 aliphatic carbocycles. The van der Waals surface area contributed by atoms with Crippen molar-refractivity contribution in [3.05, 3.63) is 102 Å². The van der Waals surface area contributed by atoms with E-state index >= 15 is 0 Å². The Balaban J connectivity index is 1.79. The molecule has 3 aromatic rings. The first-order valence-electron chi connectivity index (χ1n) is 10.4. The lowest BCUT2D eigenvalue weighted by Crippen LogP contribution is -2.41. The number of hydrogen-bond acceptors (Lipinski definition) is 4. The molecule has 0 aliphatic rings. The van der Waals surface area contributed by atoms with E-state index in [-0.39, 0.29) is 5.92 Å². The van der Waals surface area contributed by atoms with Gasteiger partial charge in [-0.15, -0.1) is 0 Å². The predicted octanol–water partition coefficient (Wildman–Crippen LogP) is 4.36. The minimum atomic E-state index is -1.06. The number of benzene rings is 3. The van der Waals surface area contributed by atoms with Crippen molar-refractivity contribution in [3.8, 4) is 0 Å². The van der Waals surface area contributed by atoms with Crippen LogP contribution in [0, 0.1) is 5.92 Å². The molecule has 0 saturated heterocycles. The minimum Gasteiger partial charge on any atom is -0.450 e. The number of carbonyl (C=O) groups is 3. The topological polar surface area (TPSA) is 84.5 Å². The van der Waals surface area contributed by atoms with E-state index in [1.807, 2.05) is 12.1 Å². The van der Waals surface area contributed by atoms with Gasteiger partial charge in [0.1, 0.15) is 0 Å². The monoisotopic (exact) mass is 430 g/mol. The van der Waals surface area contributed by atoms with Crippen molar-refractivity contribution in [2.75, 3.05) is 5.32 Å². The molecule has 0 bridgehead atoms. The lowest BCUT2D eigenvalue weighted by Gasteiger charge is -2.24. The molecule has 164 valence electrons. The van der Waals surface area contributed by atoms with Crippen molar-refractivity contribution in [1.29, 1.82) is 0 Å². The van der Waals surface area contributed by atoms with E-state index in [4.69, 9.17) is 4.74 Å². The molecule has 0 fully saturated rings. The number of hydrogen-bond donors (Lipinski definition) is 2. The van der Waals surface area contributed by atoms with Gasteiger partial charge in [-0.2, -0.15) is 0 Å². The zero-order valence-electron chi connectivity index (χ0n) is 18.0. The highest BCUT2D eigenvalue weighted by atomic mass is 16.5. The van der Waals surface area contributed by atoms with E-state index in [9.17, 15) is 14.4 Å². The van der Waals surface area contributed by atoms with E-state index in [0.29, 0.717) is 16.8 Å². The van der Waals surface area contributed by atoms with Crippen LogP contribution in [0.2, 0.25) is 0 Å². The second-order valence-corrected chi connectivity index (χ2v) is 7.64. The van der Waals surface area contributed by atoms with E-state index < -0.39 is 29.9 Å². The fourth-order valence-corrected chi connectivity index (χ4v) is 3.15. The van der Waals surface area contributed by atoms with Crippen molar-refractivity contribution in [2.45, 2.75) is 26.0 Å². The molecule has 0 aliphatic heterocycles. The third kappa shape index (κ3) is 6.04. The highest BCUT2D eigenvalue weighted by Gasteiger charge is 2.32. The van der Waals surface area contributed by atoms with Crippen LogP contribution in [0.4, 0.5) is 5.69 Å². The molecule has 0 heterocycles. The summed E-state index contributed by atoms with van der Waals surface area (Å²) in [5.41, 5.74) is 1.59. The quantitative estimate of drug-likeness (QED) is 0.520. The molecule has 2 unspecified atom stereocenters. The number of ether oxygens (including phenoxy) is 1. The molecule has 3 aromatic carbocycles. The number of nitrogens with one attached hydrogen (secondary N) is 2. The summed E-state index contributed by atoms with van der Waals surface area (Å²) in [7, 11) is 0. The fraction of sp³-hybridized carbons (Fsp3) is 0.192. The summed E-state index contributed by atoms with van der Waals surface area (Å²) in [6.07, 6.45) is -1.03. The van der Waals surface area contributed by atoms with Gasteiger partial charge in [-0.25, -0.2) is 4.79 Å². The minimum absolute atomic E-state index is 0.274. The molecule has 0 radical (unpaired) electrons. The highest BCUT2D eigenvalue weighted by Crippen LogP contribution is 2.19. The van der Waals surface area contributed by atoms with E-state index in [1.54, 1.807) is 92.7 Å². The summed E-state index contributed by atoms with van der Waals surface area (Å²) in [6.45, 7) is 3.59. The summed E-state index contributed by atoms with van der Waals surface area (Å²) in [5.74, 6) is -1.82. The first kappa shape index (κ1) is 22.7. The Kier molecular flexibility index (Phi) is 7.75. The number of amides is 2. The van der Waals surface area contributed by atoms with Gasteiger partial charge >= 0.3 is 5.97 Å². The molecule has 3 rings (SSSR count). The Morgan fingerprint density at radius 3 is 1.84 bits per heavy atom. The van der Waals surface area contributed by atoms with Crippen LogP contribution in [0.15, 0.2) is 91.0 Å². The van der Waals surface area contributed by atoms with Gasteiger partial charge in [0.2, 0.25) is 0 Å². The number of rotatable bonds is 8. The number of anilines is 1. The molecule has 0 spiro atoms. The molecule has 2 atom stereocenters. The zero-order valence-corrected chi connectivity index (χ0v) is 18.0. The van der Waals surface area contributed by atoms with Crippen molar-refractivity contribution in [3.63, 3.8) is 0 Å². The molecule has 0 saturated carbocycles. The highest BCUT2D eigenvalue weighted by molar-refractivity contribution is 5.98. The first-order chi connectivity index (χ1) is 15.5. The molecule has 2 amide bonds. The third-order valence-corrected chi connectivity index (χ3v) is 4.83. The number of para-hydroxylation sites is 1. The summed E-state index contributed by atoms with van der Waals surface area (Å²) in [5, 5.41) is 5.51. The summed E-state index contributed by atoms with van der Waals surface area (Å²) >= 11 is 0. The molecular formula is C26H26N2O4. The second kappa shape index (κ2) is 10.9. The molecular weight excluding hydrogens is 404 g/mol. The van der Waals surface area contributed by atoms with Gasteiger partial charge in [-0.3, -0.25) is 9.59 Å². The van der Waals surface area contributed by atoms with Crippen molar-refractivity contribution in [2.24, 2.45) is 5.92 Å². The maximum absolute atomic E-state index is 13.2. The fourth-order valence-electron chi connectivity index (χ4n) is 3.15. The van der Waals surface area contributed by atoms with Gasteiger partial charge in [0.05, 0.1) is 0 Å². The van der Waals surface area contributed by atoms with Crippen LogP contribution < -0.4 is 10.6 Å². The number of carbonyl (C=O) groups excluding carboxylic acids is 3. The van der Waals surface area contributed by atoms with Gasteiger partial charge in [0, 0.05) is 11.3 Å². The smallest absolute Gasteiger partial charge is 0.334 e. The first-order valence-corrected chi connectivity index (χ1v) is 10.4. The van der Waals surface area contributed by atoms with Crippen molar-refractivity contribution >= 4 is 23.5 Å². The van der Waals surface area contributed by atoms with Crippen LogP contribution >= 0.6 is 0 Å². The number of esters is 1. The Labute approximate surface area is 187 Å². The van der Waals surface area contributed by atoms with Gasteiger partial charge in [0.15, 0.2) is 12.1 Å². The normalized spacial score (nSPS) is 12.5. The molecule has 6 nitrogen and oxygen atoms in total. The molecule has 6 heteroatoms. The maximum Gasteiger partial charge on any atom is 0.334 e. The Hall–Kier alpha value is -3.93. The van der Waals surface area contributed by atoms with Gasteiger partial charge in [-0.1, -0.05) is 80.6 Å². The van der Waals surface area contributed by atoms with Gasteiger partial charge < -0.3 is 15.4 Å². The van der Waals surface area contributed by atoms with Crippen LogP contribution in [-0.4, -0.2) is 23.9 Å². The van der Waals surface area contributed by atoms with Crippen LogP contribution in [0.1, 0.15) is 35.8 Å². The van der Waals surface area contributed by atoms with Gasteiger partial charge in [-0.05, 0) is 35.7 Å². The standard InChI is InChI=1S/C26H26N2O4/c1-18(2)23(25(30)27-21-16-10-5-11-17-21)32-26(31)22(19-12-6-3-7-13-19)28-24(29)20-14-8-4-9-15-20/h3-18,22-23H,1-2H3,(H,27,30)(H,28,29). The van der Waals surface area contributed by atoms with Crippen molar-refractivity contribution < 1.29 is 19.1 Å². The Bertz CT molecular complexity index is 1040. The SMILES string of the molecule is CC(C)C(OC(=O)C(NC(=O)c1ccccc1)c1ccccc1)C(=O)Nc1ccccc1. The average molecular weight is 431 g/mol. The Morgan fingerprint density at radius 2 is 1.28 bits per heavy atom. The van der Waals surface area contributed by atoms with E-state index in [2.05, 4.69) is 10.6 Å².